The number of fused-ring (bicyclic) bond motifs is 1. The van der Waals surface area contributed by atoms with Gasteiger partial charge in [0.25, 0.3) is 0 Å². The van der Waals surface area contributed by atoms with Crippen molar-refractivity contribution in [3.8, 4) is 0 Å². The van der Waals surface area contributed by atoms with Crippen molar-refractivity contribution < 1.29 is 9.90 Å². The van der Waals surface area contributed by atoms with Gasteiger partial charge < -0.3 is 15.8 Å². The molecule has 1 heterocycles. The summed E-state index contributed by atoms with van der Waals surface area (Å²) in [5, 5.41) is 8.72. The first-order valence-corrected chi connectivity index (χ1v) is 4.13. The molecule has 5 heteroatoms. The van der Waals surface area contributed by atoms with E-state index in [0.29, 0.717) is 17.6 Å². The van der Waals surface area contributed by atoms with Crippen LogP contribution in [-0.4, -0.2) is 21.0 Å². The number of hydrogen-bond donors (Lipinski definition) is 3. The lowest BCUT2D eigenvalue weighted by molar-refractivity contribution is 0.0685. The fourth-order valence-corrected chi connectivity index (χ4v) is 1.36. The molecule has 0 spiro atoms. The number of nitrogens with zero attached hydrogens (tertiary/aromatic N) is 1. The number of nitrogens with two attached hydrogens (primary N) is 1. The number of rotatable bonds is 2. The van der Waals surface area contributed by atoms with Crippen LogP contribution in [0.25, 0.3) is 11.0 Å². The molecule has 0 unspecified atom stereocenters. The fraction of sp³-hybridized carbons (Fsp3) is 0.111. The van der Waals surface area contributed by atoms with Crippen LogP contribution in [-0.2, 0) is 6.54 Å². The molecule has 0 saturated carbocycles. The molecule has 1 aromatic heterocycles. The minimum Gasteiger partial charge on any atom is -0.475 e. The van der Waals surface area contributed by atoms with E-state index in [1.165, 1.54) is 0 Å². The summed E-state index contributed by atoms with van der Waals surface area (Å²) >= 11 is 0. The number of benzene rings is 1. The lowest BCUT2D eigenvalue weighted by Gasteiger charge is -1.95. The molecule has 0 radical (unpaired) electrons. The molecular weight excluding hydrogens is 182 g/mol. The number of aromatic carboxylic acids is 1. The van der Waals surface area contributed by atoms with Gasteiger partial charge in [-0.2, -0.15) is 0 Å². The number of H-pyrrole nitrogens is 1. The maximum absolute atomic E-state index is 10.6. The van der Waals surface area contributed by atoms with Gasteiger partial charge in [0.15, 0.2) is 0 Å². The largest absolute Gasteiger partial charge is 0.475 e. The van der Waals surface area contributed by atoms with Crippen molar-refractivity contribution in [1.29, 1.82) is 0 Å². The molecule has 0 bridgehead atoms. The van der Waals surface area contributed by atoms with Gasteiger partial charge in [0, 0.05) is 6.54 Å². The van der Waals surface area contributed by atoms with Crippen LogP contribution < -0.4 is 5.73 Å². The van der Waals surface area contributed by atoms with Crippen molar-refractivity contribution in [2.75, 3.05) is 0 Å². The Morgan fingerprint density at radius 2 is 2.36 bits per heavy atom. The maximum atomic E-state index is 10.6. The molecule has 0 amide bonds. The van der Waals surface area contributed by atoms with E-state index in [-0.39, 0.29) is 5.82 Å². The number of carboxylic acid groups (broad SMARTS) is 1. The van der Waals surface area contributed by atoms with E-state index < -0.39 is 5.97 Å². The van der Waals surface area contributed by atoms with E-state index in [4.69, 9.17) is 10.8 Å². The number of aromatic amines is 1. The van der Waals surface area contributed by atoms with Gasteiger partial charge in [0.2, 0.25) is 5.82 Å². The highest BCUT2D eigenvalue weighted by molar-refractivity contribution is 5.89. The van der Waals surface area contributed by atoms with E-state index in [1.807, 2.05) is 12.1 Å². The highest BCUT2D eigenvalue weighted by atomic mass is 16.4. The molecule has 0 fully saturated rings. The van der Waals surface area contributed by atoms with Crippen LogP contribution in [0.3, 0.4) is 0 Å². The van der Waals surface area contributed by atoms with Gasteiger partial charge in [0.05, 0.1) is 11.0 Å². The molecule has 4 N–H and O–H groups in total. The summed E-state index contributed by atoms with van der Waals surface area (Å²) in [4.78, 5) is 17.3. The monoisotopic (exact) mass is 191 g/mol. The first kappa shape index (κ1) is 8.71. The smallest absolute Gasteiger partial charge is 0.371 e. The average molecular weight is 191 g/mol. The Kier molecular flexibility index (Phi) is 1.94. The number of para-hydroxylation sites is 1. The Labute approximate surface area is 79.6 Å². The quantitative estimate of drug-likeness (QED) is 0.652. The van der Waals surface area contributed by atoms with Crippen molar-refractivity contribution >= 4 is 17.0 Å². The number of carboxylic acids is 1. The standard InChI is InChI=1S/C9H9N3O2/c10-4-5-2-1-3-6-7(5)12-8(11-6)9(13)14/h1-3H,4,10H2,(H,11,12)(H,13,14). The van der Waals surface area contributed by atoms with Crippen LogP contribution in [0.5, 0.6) is 0 Å². The van der Waals surface area contributed by atoms with E-state index in [0.717, 1.165) is 5.56 Å². The van der Waals surface area contributed by atoms with Crippen molar-refractivity contribution in [3.63, 3.8) is 0 Å². The predicted octanol–water partition coefficient (Wildman–Crippen LogP) is 0.720. The van der Waals surface area contributed by atoms with E-state index >= 15 is 0 Å². The molecule has 14 heavy (non-hydrogen) atoms. The van der Waals surface area contributed by atoms with Crippen LogP contribution >= 0.6 is 0 Å². The van der Waals surface area contributed by atoms with Crippen molar-refractivity contribution in [1.82, 2.24) is 9.97 Å². The van der Waals surface area contributed by atoms with Gasteiger partial charge in [-0.3, -0.25) is 0 Å². The SMILES string of the molecule is NCc1cccc2[nH]c(C(=O)O)nc12. The zero-order valence-corrected chi connectivity index (χ0v) is 7.32. The van der Waals surface area contributed by atoms with Crippen LogP contribution in [0.4, 0.5) is 0 Å². The average Bonchev–Trinajstić information content (AvgIpc) is 2.60. The van der Waals surface area contributed by atoms with Crippen LogP contribution in [0.1, 0.15) is 16.2 Å². The van der Waals surface area contributed by atoms with Gasteiger partial charge in [-0.25, -0.2) is 9.78 Å². The third-order valence-corrected chi connectivity index (χ3v) is 2.02. The lowest BCUT2D eigenvalue weighted by atomic mass is 10.2. The van der Waals surface area contributed by atoms with Gasteiger partial charge in [-0.05, 0) is 11.6 Å². The molecule has 2 aromatic rings. The van der Waals surface area contributed by atoms with Crippen molar-refractivity contribution in [2.24, 2.45) is 5.73 Å². The minimum atomic E-state index is -1.07. The zero-order chi connectivity index (χ0) is 10.1. The Morgan fingerprint density at radius 3 is 3.00 bits per heavy atom. The second-order valence-electron chi connectivity index (χ2n) is 2.91. The summed E-state index contributed by atoms with van der Waals surface area (Å²) in [6.07, 6.45) is 0. The molecule has 5 nitrogen and oxygen atoms in total. The van der Waals surface area contributed by atoms with Crippen LogP contribution in [0.15, 0.2) is 18.2 Å². The lowest BCUT2D eigenvalue weighted by Crippen LogP contribution is -1.99. The zero-order valence-electron chi connectivity index (χ0n) is 7.32. The Bertz CT molecular complexity index is 490. The normalized spacial score (nSPS) is 10.6. The molecule has 0 atom stereocenters. The summed E-state index contributed by atoms with van der Waals surface area (Å²) in [7, 11) is 0. The number of carbonyl (C=O) groups is 1. The predicted molar refractivity (Wildman–Crippen MR) is 50.9 cm³/mol. The summed E-state index contributed by atoms with van der Waals surface area (Å²) in [6.45, 7) is 0.348. The summed E-state index contributed by atoms with van der Waals surface area (Å²) in [5.41, 5.74) is 7.67. The van der Waals surface area contributed by atoms with Gasteiger partial charge in [-0.15, -0.1) is 0 Å². The molecule has 1 aromatic carbocycles. The number of imidazole rings is 1. The van der Waals surface area contributed by atoms with Crippen LogP contribution in [0, 0.1) is 0 Å². The first-order valence-electron chi connectivity index (χ1n) is 4.13. The van der Waals surface area contributed by atoms with E-state index in [1.54, 1.807) is 6.07 Å². The number of hydrogen-bond acceptors (Lipinski definition) is 3. The topological polar surface area (TPSA) is 92.0 Å². The molecule has 0 aliphatic rings. The third kappa shape index (κ3) is 1.23. The molecule has 0 aliphatic heterocycles. The van der Waals surface area contributed by atoms with Gasteiger partial charge in [-0.1, -0.05) is 12.1 Å². The Balaban J connectivity index is 2.70. The summed E-state index contributed by atoms with van der Waals surface area (Å²) < 4.78 is 0. The third-order valence-electron chi connectivity index (χ3n) is 2.02. The maximum Gasteiger partial charge on any atom is 0.371 e. The van der Waals surface area contributed by atoms with Crippen molar-refractivity contribution in [3.05, 3.63) is 29.6 Å². The molecule has 0 aliphatic carbocycles. The number of aromatic nitrogens is 2. The summed E-state index contributed by atoms with van der Waals surface area (Å²) in [6, 6.07) is 5.41. The Morgan fingerprint density at radius 1 is 1.57 bits per heavy atom. The first-order chi connectivity index (χ1) is 6.72. The fourth-order valence-electron chi connectivity index (χ4n) is 1.36. The molecular formula is C9H9N3O2. The van der Waals surface area contributed by atoms with Gasteiger partial charge in [0.1, 0.15) is 0 Å². The molecule has 2 rings (SSSR count). The highest BCUT2D eigenvalue weighted by Crippen LogP contribution is 2.15. The summed E-state index contributed by atoms with van der Waals surface area (Å²) in [5.74, 6) is -1.12. The second-order valence-corrected chi connectivity index (χ2v) is 2.91. The van der Waals surface area contributed by atoms with Crippen LogP contribution in [0.2, 0.25) is 0 Å². The van der Waals surface area contributed by atoms with Gasteiger partial charge >= 0.3 is 5.97 Å². The highest BCUT2D eigenvalue weighted by Gasteiger charge is 2.10. The second kappa shape index (κ2) is 3.12. The Hall–Kier alpha value is -1.88. The minimum absolute atomic E-state index is 0.0547. The molecule has 0 saturated heterocycles. The van der Waals surface area contributed by atoms with E-state index in [9.17, 15) is 4.79 Å². The number of nitrogens with one attached hydrogen (secondary N) is 1. The molecule has 72 valence electrons. The van der Waals surface area contributed by atoms with Crippen molar-refractivity contribution in [2.45, 2.75) is 6.54 Å². The van der Waals surface area contributed by atoms with E-state index in [2.05, 4.69) is 9.97 Å².